The number of nitrogens with two attached hydrogens (primary N) is 1. The monoisotopic (exact) mass is 196 g/mol. The Bertz CT molecular complexity index is 332. The largest absolute Gasteiger partial charge is 0.398 e. The van der Waals surface area contributed by atoms with Gasteiger partial charge in [0.2, 0.25) is 0 Å². The van der Waals surface area contributed by atoms with E-state index in [1.807, 2.05) is 13.8 Å². The standard InChI is InChI=1S/C9H11FN2.C2H6/c1-5-3-7(6(2)11)9(12)4-8(5)10;1-2/h3-4,11H,12H2,1-2H3;1-2H3. The minimum atomic E-state index is -0.322. The maximum Gasteiger partial charge on any atom is 0.128 e. The minimum absolute atomic E-state index is 0.322. The van der Waals surface area contributed by atoms with Gasteiger partial charge in [0.05, 0.1) is 0 Å². The second kappa shape index (κ2) is 5.37. The fourth-order valence-corrected chi connectivity index (χ4v) is 1.02. The number of hydrogen-bond acceptors (Lipinski definition) is 2. The van der Waals surface area contributed by atoms with Crippen LogP contribution in [0.25, 0.3) is 0 Å². The van der Waals surface area contributed by atoms with Gasteiger partial charge < -0.3 is 11.1 Å². The van der Waals surface area contributed by atoms with Crippen LogP contribution < -0.4 is 5.73 Å². The van der Waals surface area contributed by atoms with Gasteiger partial charge in [-0.15, -0.1) is 0 Å². The van der Waals surface area contributed by atoms with E-state index in [0.717, 1.165) is 0 Å². The Morgan fingerprint density at radius 2 is 1.86 bits per heavy atom. The van der Waals surface area contributed by atoms with E-state index in [2.05, 4.69) is 0 Å². The Balaban J connectivity index is 0.000000791. The highest BCUT2D eigenvalue weighted by molar-refractivity contribution is 6.01. The van der Waals surface area contributed by atoms with Crippen molar-refractivity contribution in [3.8, 4) is 0 Å². The molecule has 0 aliphatic heterocycles. The summed E-state index contributed by atoms with van der Waals surface area (Å²) in [5.74, 6) is -0.322. The van der Waals surface area contributed by atoms with E-state index in [9.17, 15) is 4.39 Å². The summed E-state index contributed by atoms with van der Waals surface area (Å²) in [5, 5.41) is 7.34. The lowest BCUT2D eigenvalue weighted by atomic mass is 10.1. The molecule has 1 aromatic rings. The fourth-order valence-electron chi connectivity index (χ4n) is 1.02. The van der Waals surface area contributed by atoms with E-state index in [4.69, 9.17) is 11.1 Å². The van der Waals surface area contributed by atoms with E-state index in [0.29, 0.717) is 22.5 Å². The third kappa shape index (κ3) is 2.83. The molecule has 0 bridgehead atoms. The van der Waals surface area contributed by atoms with Crippen LogP contribution in [0.4, 0.5) is 10.1 Å². The molecule has 0 saturated heterocycles. The average Bonchev–Trinajstić information content (AvgIpc) is 2.14. The van der Waals surface area contributed by atoms with Gasteiger partial charge >= 0.3 is 0 Å². The first-order chi connectivity index (χ1) is 6.52. The van der Waals surface area contributed by atoms with Crippen molar-refractivity contribution in [1.29, 1.82) is 5.41 Å². The number of nitrogen functional groups attached to an aromatic ring is 1. The predicted molar refractivity (Wildman–Crippen MR) is 59.4 cm³/mol. The lowest BCUT2D eigenvalue weighted by molar-refractivity contribution is 0.619. The summed E-state index contributed by atoms with van der Waals surface area (Å²) >= 11 is 0. The van der Waals surface area contributed by atoms with E-state index in [1.165, 1.54) is 6.07 Å². The zero-order valence-electron chi connectivity index (χ0n) is 9.11. The Hall–Kier alpha value is -1.38. The molecule has 0 unspecified atom stereocenters. The molecule has 0 heterocycles. The average molecular weight is 196 g/mol. The number of rotatable bonds is 1. The van der Waals surface area contributed by atoms with E-state index in [-0.39, 0.29) is 5.82 Å². The van der Waals surface area contributed by atoms with Gasteiger partial charge in [-0.3, -0.25) is 0 Å². The first-order valence-electron chi connectivity index (χ1n) is 4.63. The molecule has 0 aromatic heterocycles. The van der Waals surface area contributed by atoms with Crippen LogP contribution in [-0.2, 0) is 0 Å². The number of hydrogen-bond donors (Lipinski definition) is 2. The molecule has 14 heavy (non-hydrogen) atoms. The zero-order valence-corrected chi connectivity index (χ0v) is 9.11. The van der Waals surface area contributed by atoms with Gasteiger partial charge in [0.15, 0.2) is 0 Å². The van der Waals surface area contributed by atoms with Crippen LogP contribution in [0.2, 0.25) is 0 Å². The molecular weight excluding hydrogens is 179 g/mol. The number of benzene rings is 1. The molecule has 1 aromatic carbocycles. The van der Waals surface area contributed by atoms with Crippen molar-refractivity contribution in [3.63, 3.8) is 0 Å². The molecular formula is C11H17FN2. The van der Waals surface area contributed by atoms with Crippen LogP contribution in [0.1, 0.15) is 31.9 Å². The third-order valence-corrected chi connectivity index (χ3v) is 1.73. The Morgan fingerprint density at radius 1 is 1.36 bits per heavy atom. The molecule has 0 aliphatic carbocycles. The molecule has 0 fully saturated rings. The summed E-state index contributed by atoms with van der Waals surface area (Å²) in [7, 11) is 0. The second-order valence-electron chi connectivity index (χ2n) is 2.81. The Morgan fingerprint density at radius 3 is 2.29 bits per heavy atom. The third-order valence-electron chi connectivity index (χ3n) is 1.73. The molecule has 0 spiro atoms. The van der Waals surface area contributed by atoms with Crippen LogP contribution in [-0.4, -0.2) is 5.71 Å². The molecule has 0 saturated carbocycles. The van der Waals surface area contributed by atoms with Gasteiger partial charge in [0, 0.05) is 17.0 Å². The summed E-state index contributed by atoms with van der Waals surface area (Å²) in [5.41, 5.74) is 7.32. The van der Waals surface area contributed by atoms with Crippen LogP contribution in [0.3, 0.4) is 0 Å². The Kier molecular flexibility index (Phi) is 4.84. The van der Waals surface area contributed by atoms with E-state index >= 15 is 0 Å². The van der Waals surface area contributed by atoms with Crippen LogP contribution in [0.15, 0.2) is 12.1 Å². The number of aryl methyl sites for hydroxylation is 1. The van der Waals surface area contributed by atoms with Crippen molar-refractivity contribution in [1.82, 2.24) is 0 Å². The van der Waals surface area contributed by atoms with Gasteiger partial charge in [-0.05, 0) is 31.5 Å². The molecule has 3 heteroatoms. The predicted octanol–water partition coefficient (Wildman–Crippen LogP) is 3.13. The van der Waals surface area contributed by atoms with Gasteiger partial charge in [0.1, 0.15) is 5.82 Å². The molecule has 1 rings (SSSR count). The number of nitrogens with one attached hydrogen (secondary N) is 1. The van der Waals surface area contributed by atoms with Gasteiger partial charge in [-0.2, -0.15) is 0 Å². The summed E-state index contributed by atoms with van der Waals surface area (Å²) in [6.07, 6.45) is 0. The molecule has 0 atom stereocenters. The SMILES string of the molecule is CC.CC(=N)c1cc(C)c(F)cc1N. The van der Waals surface area contributed by atoms with Gasteiger partial charge in [-0.1, -0.05) is 13.8 Å². The molecule has 78 valence electrons. The number of anilines is 1. The minimum Gasteiger partial charge on any atom is -0.398 e. The summed E-state index contributed by atoms with van der Waals surface area (Å²) in [6, 6.07) is 2.84. The smallest absolute Gasteiger partial charge is 0.128 e. The molecule has 3 N–H and O–H groups in total. The van der Waals surface area contributed by atoms with Crippen LogP contribution >= 0.6 is 0 Å². The first kappa shape index (κ1) is 12.6. The first-order valence-corrected chi connectivity index (χ1v) is 4.63. The van der Waals surface area contributed by atoms with Crippen LogP contribution in [0.5, 0.6) is 0 Å². The summed E-state index contributed by atoms with van der Waals surface area (Å²) in [4.78, 5) is 0. The highest BCUT2D eigenvalue weighted by Crippen LogP contribution is 2.17. The normalized spacial score (nSPS) is 8.93. The van der Waals surface area contributed by atoms with Crippen molar-refractivity contribution >= 4 is 11.4 Å². The van der Waals surface area contributed by atoms with Crippen molar-refractivity contribution < 1.29 is 4.39 Å². The van der Waals surface area contributed by atoms with Crippen molar-refractivity contribution in [2.24, 2.45) is 0 Å². The topological polar surface area (TPSA) is 49.9 Å². The van der Waals surface area contributed by atoms with Crippen molar-refractivity contribution in [3.05, 3.63) is 29.1 Å². The number of halogens is 1. The lowest BCUT2D eigenvalue weighted by Crippen LogP contribution is -2.01. The maximum atomic E-state index is 12.9. The lowest BCUT2D eigenvalue weighted by Gasteiger charge is -2.05. The summed E-state index contributed by atoms with van der Waals surface area (Å²) in [6.45, 7) is 7.28. The molecule has 2 nitrogen and oxygen atoms in total. The highest BCUT2D eigenvalue weighted by atomic mass is 19.1. The van der Waals surface area contributed by atoms with E-state index < -0.39 is 0 Å². The Labute approximate surface area is 84.5 Å². The maximum absolute atomic E-state index is 12.9. The highest BCUT2D eigenvalue weighted by Gasteiger charge is 2.05. The molecule has 0 amide bonds. The molecule has 0 radical (unpaired) electrons. The van der Waals surface area contributed by atoms with Crippen LogP contribution in [0, 0.1) is 18.2 Å². The second-order valence-corrected chi connectivity index (χ2v) is 2.81. The van der Waals surface area contributed by atoms with Gasteiger partial charge in [-0.25, -0.2) is 4.39 Å². The quantitative estimate of drug-likeness (QED) is 0.526. The molecule has 0 aliphatic rings. The van der Waals surface area contributed by atoms with Gasteiger partial charge in [0.25, 0.3) is 0 Å². The summed E-state index contributed by atoms with van der Waals surface area (Å²) < 4.78 is 12.9. The zero-order chi connectivity index (χ0) is 11.3. The van der Waals surface area contributed by atoms with Crippen molar-refractivity contribution in [2.75, 3.05) is 5.73 Å². The van der Waals surface area contributed by atoms with E-state index in [1.54, 1.807) is 19.9 Å². The van der Waals surface area contributed by atoms with Crippen molar-refractivity contribution in [2.45, 2.75) is 27.7 Å². The fraction of sp³-hybridized carbons (Fsp3) is 0.364.